The van der Waals surface area contributed by atoms with E-state index in [2.05, 4.69) is 91.8 Å². The van der Waals surface area contributed by atoms with Gasteiger partial charge < -0.3 is 28.4 Å². The Balaban J connectivity index is 1.94. The zero-order valence-corrected chi connectivity index (χ0v) is 37.6. The maximum absolute atomic E-state index is 13.0. The maximum atomic E-state index is 13.0. The summed E-state index contributed by atoms with van der Waals surface area (Å²) in [6.07, 6.45) is 14.3. The normalized spacial score (nSPS) is 13.7. The van der Waals surface area contributed by atoms with Crippen LogP contribution < -0.4 is 9.47 Å². The topological polar surface area (TPSA) is 89.5 Å². The minimum absolute atomic E-state index is 0.155. The van der Waals surface area contributed by atoms with Crippen molar-refractivity contribution in [3.63, 3.8) is 0 Å². The highest BCUT2D eigenvalue weighted by atomic mass is 16.6. The molecule has 0 aromatic heterocycles. The summed E-state index contributed by atoms with van der Waals surface area (Å²) in [4.78, 5) is 26.0. The lowest BCUT2D eigenvalue weighted by molar-refractivity contribution is -0.155. The summed E-state index contributed by atoms with van der Waals surface area (Å²) in [5.41, 5.74) is 2.16. The van der Waals surface area contributed by atoms with Crippen molar-refractivity contribution in [2.24, 2.45) is 11.8 Å². The number of benzene rings is 3. The van der Waals surface area contributed by atoms with Gasteiger partial charge in [0, 0.05) is 47.6 Å². The van der Waals surface area contributed by atoms with Crippen LogP contribution in [0.5, 0.6) is 11.5 Å². The van der Waals surface area contributed by atoms with E-state index in [0.29, 0.717) is 49.4 Å². The fourth-order valence-corrected chi connectivity index (χ4v) is 7.33. The summed E-state index contributed by atoms with van der Waals surface area (Å²) in [6, 6.07) is 12.5. The van der Waals surface area contributed by atoms with Gasteiger partial charge in [0.15, 0.2) is 12.2 Å². The maximum Gasteiger partial charge on any atom is 0.306 e. The van der Waals surface area contributed by atoms with Gasteiger partial charge in [-0.25, -0.2) is 0 Å². The van der Waals surface area contributed by atoms with Crippen LogP contribution in [0.25, 0.3) is 21.5 Å². The van der Waals surface area contributed by atoms with E-state index in [1.54, 1.807) is 0 Å². The van der Waals surface area contributed by atoms with Crippen LogP contribution in [0.3, 0.4) is 0 Å². The first-order chi connectivity index (χ1) is 28.2. The number of fused-ring (bicyclic) bond motifs is 2. The van der Waals surface area contributed by atoms with Gasteiger partial charge in [0.2, 0.25) is 0 Å². The molecule has 0 bridgehead atoms. The van der Waals surface area contributed by atoms with Gasteiger partial charge in [0.25, 0.3) is 0 Å². The molecule has 0 saturated heterocycles. The van der Waals surface area contributed by atoms with Crippen molar-refractivity contribution >= 4 is 33.5 Å². The number of aryl methyl sites for hydroxylation is 2. The van der Waals surface area contributed by atoms with Crippen molar-refractivity contribution in [2.75, 3.05) is 39.6 Å². The molecule has 3 rings (SSSR count). The third kappa shape index (κ3) is 17.1. The van der Waals surface area contributed by atoms with E-state index in [0.717, 1.165) is 110 Å². The average Bonchev–Trinajstić information content (AvgIpc) is 3.21. The van der Waals surface area contributed by atoms with Crippen LogP contribution in [0.2, 0.25) is 0 Å². The molecule has 0 heterocycles. The van der Waals surface area contributed by atoms with Crippen molar-refractivity contribution < 1.29 is 38.0 Å². The molecule has 0 saturated carbocycles. The lowest BCUT2D eigenvalue weighted by Gasteiger charge is -2.24. The molecule has 0 radical (unpaired) electrons. The number of rotatable bonds is 32. The molecule has 4 atom stereocenters. The Labute approximate surface area is 351 Å². The highest BCUT2D eigenvalue weighted by Gasteiger charge is 2.23. The number of esters is 2. The number of unbranched alkanes of at least 4 members (excludes halogenated alkanes) is 6. The van der Waals surface area contributed by atoms with Crippen molar-refractivity contribution in [3.05, 3.63) is 47.5 Å². The Kier molecular flexibility index (Phi) is 23.8. The number of carbonyl (C=O) groups is 2. The van der Waals surface area contributed by atoms with Gasteiger partial charge in [-0.15, -0.1) is 0 Å². The number of hydrogen-bond acceptors (Lipinski definition) is 8. The zero-order valence-electron chi connectivity index (χ0n) is 37.6. The molecule has 0 aliphatic rings. The molecule has 326 valence electrons. The van der Waals surface area contributed by atoms with Gasteiger partial charge >= 0.3 is 11.9 Å². The fourth-order valence-electron chi connectivity index (χ4n) is 7.33. The van der Waals surface area contributed by atoms with Crippen molar-refractivity contribution in [1.29, 1.82) is 0 Å². The van der Waals surface area contributed by atoms with E-state index in [4.69, 9.17) is 28.4 Å². The summed E-state index contributed by atoms with van der Waals surface area (Å²) >= 11 is 0. The summed E-state index contributed by atoms with van der Waals surface area (Å²) in [6.45, 7) is 19.3. The molecule has 3 aromatic rings. The molecule has 0 N–H and O–H groups in total. The standard InChI is InChI=1S/C50H78O8/c1-9-15-19-23-47(51)57-41(33-53-31-39(13-5)21-17-11-3)35-55-49-43-27-25-38(8)30-46(43)50(44-28-26-37(7)29-45(44)49)56-36-42(58-48(52)24-20-16-10-2)34-54-32-40(14-6)22-18-12-4/h25-30,39-42H,9-24,31-36H2,1-8H3. The molecule has 58 heavy (non-hydrogen) atoms. The van der Waals surface area contributed by atoms with Crippen LogP contribution in [0, 0.1) is 25.7 Å². The Morgan fingerprint density at radius 3 is 1.24 bits per heavy atom. The van der Waals surface area contributed by atoms with E-state index >= 15 is 0 Å². The molecule has 0 aliphatic carbocycles. The molecule has 0 aliphatic heterocycles. The monoisotopic (exact) mass is 807 g/mol. The Morgan fingerprint density at radius 1 is 0.483 bits per heavy atom. The number of hydrogen-bond donors (Lipinski definition) is 0. The predicted molar refractivity (Wildman–Crippen MR) is 238 cm³/mol. The highest BCUT2D eigenvalue weighted by Crippen LogP contribution is 2.44. The number of ether oxygens (including phenoxy) is 6. The highest BCUT2D eigenvalue weighted by molar-refractivity contribution is 6.11. The van der Waals surface area contributed by atoms with E-state index in [1.807, 2.05) is 0 Å². The molecular formula is C50H78O8. The molecular weight excluding hydrogens is 729 g/mol. The van der Waals surface area contributed by atoms with E-state index in [9.17, 15) is 9.59 Å². The molecule has 0 fully saturated rings. The third-order valence-electron chi connectivity index (χ3n) is 11.1. The molecule has 0 amide bonds. The Bertz CT molecular complexity index is 1500. The van der Waals surface area contributed by atoms with E-state index in [-0.39, 0.29) is 38.4 Å². The SMILES string of the molecule is CCCCCC(=O)OC(COCC(CC)CCCC)COc1c2ccc(C)cc2c(OCC(COCC(CC)CCCC)OC(=O)CCCCC)c2ccc(C)cc12. The first kappa shape index (κ1) is 49.0. The van der Waals surface area contributed by atoms with Gasteiger partial charge in [0.05, 0.1) is 13.2 Å². The smallest absolute Gasteiger partial charge is 0.306 e. The second kappa shape index (κ2) is 28.2. The molecule has 3 aromatic carbocycles. The van der Waals surface area contributed by atoms with Crippen LogP contribution in [0.4, 0.5) is 0 Å². The van der Waals surface area contributed by atoms with Crippen molar-refractivity contribution in [3.8, 4) is 11.5 Å². The van der Waals surface area contributed by atoms with Gasteiger partial charge in [-0.2, -0.15) is 0 Å². The minimum Gasteiger partial charge on any atom is -0.488 e. The first-order valence-corrected chi connectivity index (χ1v) is 22.9. The van der Waals surface area contributed by atoms with Gasteiger partial charge in [0.1, 0.15) is 24.7 Å². The Hall–Kier alpha value is -3.36. The van der Waals surface area contributed by atoms with Crippen LogP contribution in [-0.4, -0.2) is 63.8 Å². The summed E-state index contributed by atoms with van der Waals surface area (Å²) in [5, 5.41) is 3.59. The lowest BCUT2D eigenvalue weighted by atomic mass is 9.97. The van der Waals surface area contributed by atoms with Crippen LogP contribution in [0.1, 0.15) is 155 Å². The number of carbonyl (C=O) groups excluding carboxylic acids is 2. The molecule has 0 spiro atoms. The van der Waals surface area contributed by atoms with E-state index < -0.39 is 12.2 Å². The summed E-state index contributed by atoms with van der Waals surface area (Å²) in [5.74, 6) is 1.94. The molecule has 8 heteroatoms. The quantitative estimate of drug-likeness (QED) is 0.0350. The van der Waals surface area contributed by atoms with Crippen molar-refractivity contribution in [2.45, 2.75) is 170 Å². The summed E-state index contributed by atoms with van der Waals surface area (Å²) < 4.78 is 38.1. The van der Waals surface area contributed by atoms with Crippen molar-refractivity contribution in [1.82, 2.24) is 0 Å². The third-order valence-corrected chi connectivity index (χ3v) is 11.1. The second-order valence-electron chi connectivity index (χ2n) is 16.4. The van der Waals surface area contributed by atoms with E-state index in [1.165, 1.54) is 12.8 Å². The van der Waals surface area contributed by atoms with Crippen LogP contribution in [-0.2, 0) is 28.5 Å². The van der Waals surface area contributed by atoms with Gasteiger partial charge in [-0.05, 0) is 63.5 Å². The predicted octanol–water partition coefficient (Wildman–Crippen LogP) is 12.8. The fraction of sp³-hybridized carbons (Fsp3) is 0.680. The summed E-state index contributed by atoms with van der Waals surface area (Å²) in [7, 11) is 0. The lowest BCUT2D eigenvalue weighted by Crippen LogP contribution is -2.31. The van der Waals surface area contributed by atoms with Gasteiger partial charge in [-0.3, -0.25) is 9.59 Å². The first-order valence-electron chi connectivity index (χ1n) is 22.9. The second-order valence-corrected chi connectivity index (χ2v) is 16.4. The molecule has 4 unspecified atom stereocenters. The molecule has 8 nitrogen and oxygen atoms in total. The Morgan fingerprint density at radius 2 is 0.879 bits per heavy atom. The minimum atomic E-state index is -0.559. The largest absolute Gasteiger partial charge is 0.488 e. The van der Waals surface area contributed by atoms with Gasteiger partial charge in [-0.1, -0.05) is 141 Å². The average molecular weight is 807 g/mol. The zero-order chi connectivity index (χ0) is 42.1. The van der Waals surface area contributed by atoms with Crippen LogP contribution >= 0.6 is 0 Å². The van der Waals surface area contributed by atoms with Crippen LogP contribution in [0.15, 0.2) is 36.4 Å².